The van der Waals surface area contributed by atoms with Crippen LogP contribution in [0.15, 0.2) is 40.3 Å². The number of amidine groups is 1. The van der Waals surface area contributed by atoms with E-state index in [0.29, 0.717) is 6.42 Å². The molecule has 0 heterocycles. The second-order valence-corrected chi connectivity index (χ2v) is 5.85. The van der Waals surface area contributed by atoms with Crippen LogP contribution in [0.2, 0.25) is 0 Å². The number of hydrogen-bond acceptors (Lipinski definition) is 3. The van der Waals surface area contributed by atoms with Gasteiger partial charge in [0.2, 0.25) is 5.91 Å². The molecule has 1 amide bonds. The zero-order valence-electron chi connectivity index (χ0n) is 13.9. The molecule has 0 aromatic heterocycles. The van der Waals surface area contributed by atoms with Gasteiger partial charge in [-0.15, -0.1) is 0 Å². The molecule has 3 atom stereocenters. The highest BCUT2D eigenvalue weighted by Crippen LogP contribution is 2.14. The van der Waals surface area contributed by atoms with Crippen LogP contribution in [-0.2, 0) is 11.2 Å². The van der Waals surface area contributed by atoms with E-state index in [-0.39, 0.29) is 29.3 Å². The number of nitrogens with two attached hydrogens (primary N) is 1. The summed E-state index contributed by atoms with van der Waals surface area (Å²) in [5, 5.41) is 2.98. The summed E-state index contributed by atoms with van der Waals surface area (Å²) in [6.07, 6.45) is 2.55. The van der Waals surface area contributed by atoms with Crippen molar-refractivity contribution >= 4 is 29.0 Å². The van der Waals surface area contributed by atoms with E-state index >= 15 is 0 Å². The van der Waals surface area contributed by atoms with Gasteiger partial charge in [-0.2, -0.15) is 0 Å². The van der Waals surface area contributed by atoms with Gasteiger partial charge < -0.3 is 11.1 Å². The van der Waals surface area contributed by atoms with E-state index in [0.717, 1.165) is 12.0 Å². The Morgan fingerprint density at radius 3 is 2.57 bits per heavy atom. The molecule has 0 aliphatic carbocycles. The van der Waals surface area contributed by atoms with Gasteiger partial charge in [-0.3, -0.25) is 14.8 Å². The Hall–Kier alpha value is -1.88. The highest BCUT2D eigenvalue weighted by Gasteiger charge is 2.23. The number of nitrogens with zero attached hydrogens (tertiary/aromatic N) is 2. The molecule has 0 spiro atoms. The summed E-state index contributed by atoms with van der Waals surface area (Å²) in [5.41, 5.74) is 6.39. The number of amides is 1. The fourth-order valence-corrected chi connectivity index (χ4v) is 2.25. The highest BCUT2D eigenvalue weighted by atomic mass is 35.5. The van der Waals surface area contributed by atoms with Gasteiger partial charge in [0.15, 0.2) is 5.29 Å². The number of carbonyl (C=O) groups excluding carboxylic acids is 1. The van der Waals surface area contributed by atoms with E-state index in [2.05, 4.69) is 15.3 Å². The Morgan fingerprint density at radius 1 is 1.35 bits per heavy atom. The predicted molar refractivity (Wildman–Crippen MR) is 97.0 cm³/mol. The lowest BCUT2D eigenvalue weighted by atomic mass is 10.0. The number of carbonyl (C=O) groups is 1. The Bertz CT molecular complexity index is 541. The molecular weight excluding hydrogens is 312 g/mol. The first-order valence-electron chi connectivity index (χ1n) is 7.77. The van der Waals surface area contributed by atoms with Crippen LogP contribution in [0.4, 0.5) is 0 Å². The molecular formula is C17H25ClN4O. The molecule has 0 saturated carbocycles. The Balaban J connectivity index is 2.75. The minimum atomic E-state index is -0.360. The topological polar surface area (TPSA) is 79.8 Å². The minimum absolute atomic E-state index is 0.0122. The summed E-state index contributed by atoms with van der Waals surface area (Å²) >= 11 is 5.64. The van der Waals surface area contributed by atoms with Crippen molar-refractivity contribution < 1.29 is 4.79 Å². The number of nitrogens with one attached hydrogen (secondary N) is 1. The number of aliphatic imine (C=N–C) groups is 2. The Morgan fingerprint density at radius 2 is 2.00 bits per heavy atom. The van der Waals surface area contributed by atoms with Crippen LogP contribution in [0, 0.1) is 5.92 Å². The first kappa shape index (κ1) is 19.2. The zero-order valence-corrected chi connectivity index (χ0v) is 14.6. The number of benzene rings is 1. The normalized spacial score (nSPS) is 16.1. The fourth-order valence-electron chi connectivity index (χ4n) is 2.10. The van der Waals surface area contributed by atoms with Gasteiger partial charge in [-0.05, 0) is 30.5 Å². The van der Waals surface area contributed by atoms with Crippen molar-refractivity contribution in [2.45, 2.75) is 45.8 Å². The van der Waals surface area contributed by atoms with Gasteiger partial charge in [-0.25, -0.2) is 0 Å². The average Bonchev–Trinajstić information content (AvgIpc) is 2.51. The number of halogens is 1. The molecule has 2 unspecified atom stereocenters. The van der Waals surface area contributed by atoms with Crippen molar-refractivity contribution in [3.63, 3.8) is 0 Å². The van der Waals surface area contributed by atoms with Gasteiger partial charge in [0.05, 0.1) is 12.5 Å². The molecule has 1 rings (SSSR count). The molecule has 5 nitrogen and oxygen atoms in total. The third kappa shape index (κ3) is 7.28. The molecule has 0 radical (unpaired) electrons. The van der Waals surface area contributed by atoms with Crippen molar-refractivity contribution in [2.24, 2.45) is 21.6 Å². The van der Waals surface area contributed by atoms with Crippen LogP contribution in [0.5, 0.6) is 0 Å². The van der Waals surface area contributed by atoms with E-state index in [9.17, 15) is 4.79 Å². The van der Waals surface area contributed by atoms with E-state index < -0.39 is 0 Å². The third-order valence-corrected chi connectivity index (χ3v) is 3.65. The summed E-state index contributed by atoms with van der Waals surface area (Å²) < 4.78 is 0. The van der Waals surface area contributed by atoms with Crippen molar-refractivity contribution in [1.29, 1.82) is 0 Å². The molecule has 0 aliphatic heterocycles. The van der Waals surface area contributed by atoms with E-state index in [1.54, 1.807) is 6.21 Å². The largest absolute Gasteiger partial charge is 0.374 e. The fraction of sp³-hybridized carbons (Fsp3) is 0.471. The maximum absolute atomic E-state index is 12.3. The summed E-state index contributed by atoms with van der Waals surface area (Å²) in [6.45, 7) is 5.86. The molecule has 0 fully saturated rings. The third-order valence-electron chi connectivity index (χ3n) is 3.55. The maximum Gasteiger partial charge on any atom is 0.226 e. The van der Waals surface area contributed by atoms with Crippen LogP contribution in [0.3, 0.4) is 0 Å². The first-order chi connectivity index (χ1) is 10.9. The SMILES string of the molecule is CCC=NC(NC(=O)Cc1ccccc1)C(C)[C@@H](C)N=C(N)Cl. The van der Waals surface area contributed by atoms with Crippen molar-refractivity contribution in [2.75, 3.05) is 0 Å². The number of hydrogen-bond donors (Lipinski definition) is 2. The van der Waals surface area contributed by atoms with Crippen molar-refractivity contribution in [1.82, 2.24) is 5.32 Å². The quantitative estimate of drug-likeness (QED) is 0.435. The predicted octanol–water partition coefficient (Wildman–Crippen LogP) is 2.73. The van der Waals surface area contributed by atoms with Crippen LogP contribution in [0.25, 0.3) is 0 Å². The monoisotopic (exact) mass is 336 g/mol. The van der Waals surface area contributed by atoms with E-state index in [4.69, 9.17) is 17.3 Å². The molecule has 1 aromatic carbocycles. The summed E-state index contributed by atoms with van der Waals surface area (Å²) in [5.74, 6) is -0.105. The van der Waals surface area contributed by atoms with Gasteiger partial charge in [0.1, 0.15) is 6.17 Å². The molecule has 3 N–H and O–H groups in total. The van der Waals surface area contributed by atoms with E-state index in [1.165, 1.54) is 0 Å². The van der Waals surface area contributed by atoms with Crippen molar-refractivity contribution in [3.05, 3.63) is 35.9 Å². The second-order valence-electron chi connectivity index (χ2n) is 5.47. The lowest BCUT2D eigenvalue weighted by Gasteiger charge is -2.24. The molecule has 0 bridgehead atoms. The molecule has 126 valence electrons. The molecule has 6 heteroatoms. The molecule has 0 aliphatic rings. The minimum Gasteiger partial charge on any atom is -0.374 e. The van der Waals surface area contributed by atoms with Crippen molar-refractivity contribution in [3.8, 4) is 0 Å². The summed E-state index contributed by atoms with van der Waals surface area (Å²) in [7, 11) is 0. The molecule has 1 aromatic rings. The highest BCUT2D eigenvalue weighted by molar-refractivity contribution is 6.64. The zero-order chi connectivity index (χ0) is 17.2. The molecule has 0 saturated heterocycles. The van der Waals surface area contributed by atoms with Crippen LogP contribution >= 0.6 is 11.6 Å². The Labute approximate surface area is 143 Å². The smallest absolute Gasteiger partial charge is 0.226 e. The Kier molecular flexibility index (Phi) is 8.33. The summed E-state index contributed by atoms with van der Waals surface area (Å²) in [6, 6.07) is 9.45. The van der Waals surface area contributed by atoms with Crippen LogP contribution < -0.4 is 11.1 Å². The second kappa shape index (κ2) is 10.0. The lowest BCUT2D eigenvalue weighted by Crippen LogP contribution is -2.42. The van der Waals surface area contributed by atoms with Crippen LogP contribution in [-0.4, -0.2) is 29.6 Å². The first-order valence-corrected chi connectivity index (χ1v) is 8.15. The summed E-state index contributed by atoms with van der Waals surface area (Å²) in [4.78, 5) is 20.8. The van der Waals surface area contributed by atoms with Gasteiger partial charge >= 0.3 is 0 Å². The molecule has 23 heavy (non-hydrogen) atoms. The van der Waals surface area contributed by atoms with Gasteiger partial charge in [0.25, 0.3) is 0 Å². The standard InChI is InChI=1S/C17H25ClN4O/c1-4-10-20-16(12(2)13(3)21-17(18)19)22-15(23)11-14-8-6-5-7-9-14/h5-10,12-13,16H,4,11H2,1-3H3,(H2,19,21)(H,22,23)/t12?,13-,16?/m1/s1. The van der Waals surface area contributed by atoms with Crippen LogP contribution in [0.1, 0.15) is 32.8 Å². The van der Waals surface area contributed by atoms with E-state index in [1.807, 2.05) is 51.1 Å². The lowest BCUT2D eigenvalue weighted by molar-refractivity contribution is -0.121. The average molecular weight is 337 g/mol. The van der Waals surface area contributed by atoms with Gasteiger partial charge in [0, 0.05) is 12.1 Å². The number of rotatable bonds is 8. The van der Waals surface area contributed by atoms with Gasteiger partial charge in [-0.1, -0.05) is 44.2 Å². The maximum atomic E-state index is 12.3.